The highest BCUT2D eigenvalue weighted by Crippen LogP contribution is 2.52. The second kappa shape index (κ2) is 7.50. The predicted molar refractivity (Wildman–Crippen MR) is 99.7 cm³/mol. The monoisotopic (exact) mass is 385 g/mol. The molecule has 0 amide bonds. The molecule has 0 heterocycles. The van der Waals surface area contributed by atoms with Crippen molar-refractivity contribution in [3.8, 4) is 0 Å². The molecule has 2 atom stereocenters. The number of nitro benzene ring substituents is 1. The maximum Gasteiger partial charge on any atom is 0.293 e. The largest absolute Gasteiger partial charge is 0.378 e. The normalized spacial score (nSPS) is 21.9. The maximum absolute atomic E-state index is 11.5. The van der Waals surface area contributed by atoms with Crippen LogP contribution in [0.1, 0.15) is 40.0 Å². The van der Waals surface area contributed by atoms with Crippen LogP contribution in [0.15, 0.2) is 23.1 Å². The molecule has 0 unspecified atom stereocenters. The van der Waals surface area contributed by atoms with Gasteiger partial charge in [-0.2, -0.15) is 0 Å². The Bertz CT molecular complexity index is 777. The summed E-state index contributed by atoms with van der Waals surface area (Å²) in [6.45, 7) is 6.80. The fourth-order valence-corrected chi connectivity index (χ4v) is 4.71. The minimum atomic E-state index is -4.00. The zero-order chi connectivity index (χ0) is 19.7. The summed E-state index contributed by atoms with van der Waals surface area (Å²) in [6.07, 6.45) is 2.69. The van der Waals surface area contributed by atoms with Gasteiger partial charge in [0.2, 0.25) is 10.0 Å². The number of nitrogens with two attached hydrogens (primary N) is 1. The molecular formula is C17H27N3O5S. The van der Waals surface area contributed by atoms with Crippen molar-refractivity contribution in [3.05, 3.63) is 28.3 Å². The van der Waals surface area contributed by atoms with E-state index in [1.165, 1.54) is 12.1 Å². The molecule has 2 N–H and O–H groups in total. The second-order valence-electron chi connectivity index (χ2n) is 6.70. The van der Waals surface area contributed by atoms with E-state index in [2.05, 4.69) is 13.8 Å². The Balaban J connectivity index is 2.43. The maximum atomic E-state index is 11.5. The van der Waals surface area contributed by atoms with Crippen LogP contribution in [0.3, 0.4) is 0 Å². The molecule has 2 rings (SSSR count). The average Bonchev–Trinajstić information content (AvgIpc) is 2.57. The van der Waals surface area contributed by atoms with Gasteiger partial charge in [0, 0.05) is 31.2 Å². The highest BCUT2D eigenvalue weighted by Gasteiger charge is 2.55. The number of primary sulfonamides is 1. The van der Waals surface area contributed by atoms with Crippen LogP contribution in [0.25, 0.3) is 0 Å². The molecule has 1 aromatic rings. The number of nitro groups is 1. The summed E-state index contributed by atoms with van der Waals surface area (Å²) in [5, 5.41) is 16.6. The average molecular weight is 385 g/mol. The summed E-state index contributed by atoms with van der Waals surface area (Å²) < 4.78 is 28.9. The Hall–Kier alpha value is -1.71. The number of nitrogens with zero attached hydrogens (tertiary/aromatic N) is 2. The number of rotatable bonds is 8. The van der Waals surface area contributed by atoms with Crippen molar-refractivity contribution in [1.29, 1.82) is 0 Å². The SMILES string of the molecule is CCO[C@H]1C[C@H](N(C)c2ccc(S(N)(=O)=O)cc2[N+](=O)[O-])C1(CC)CC. The van der Waals surface area contributed by atoms with Gasteiger partial charge in [-0.25, -0.2) is 13.6 Å². The molecule has 8 nitrogen and oxygen atoms in total. The third kappa shape index (κ3) is 3.43. The summed E-state index contributed by atoms with van der Waals surface area (Å²) in [5.74, 6) is 0. The first-order valence-corrected chi connectivity index (χ1v) is 10.3. The molecule has 0 spiro atoms. The van der Waals surface area contributed by atoms with Crippen LogP contribution in [-0.2, 0) is 14.8 Å². The van der Waals surface area contributed by atoms with Crippen LogP contribution in [-0.4, -0.2) is 39.1 Å². The predicted octanol–water partition coefficient (Wildman–Crippen LogP) is 2.66. The van der Waals surface area contributed by atoms with Gasteiger partial charge >= 0.3 is 0 Å². The Kier molecular flexibility index (Phi) is 5.94. The van der Waals surface area contributed by atoms with Gasteiger partial charge in [-0.05, 0) is 38.3 Å². The molecule has 1 aliphatic rings. The van der Waals surface area contributed by atoms with Gasteiger partial charge in [0.05, 0.1) is 15.9 Å². The molecule has 0 aromatic heterocycles. The standard InChI is InChI=1S/C17H27N3O5S/c1-5-17(6-2)15(11-16(17)25-7-3)19(4)13-9-8-12(26(18,23)24)10-14(13)20(21)22/h8-10,15-16H,5-7,11H2,1-4H3,(H2,18,23,24)/t15-,16-/m0/s1. The van der Waals surface area contributed by atoms with E-state index in [0.29, 0.717) is 12.3 Å². The number of benzene rings is 1. The van der Waals surface area contributed by atoms with E-state index < -0.39 is 14.9 Å². The minimum Gasteiger partial charge on any atom is -0.378 e. The molecule has 1 saturated carbocycles. The third-order valence-corrected chi connectivity index (χ3v) is 6.66. The van der Waals surface area contributed by atoms with Gasteiger partial charge < -0.3 is 9.64 Å². The van der Waals surface area contributed by atoms with Crippen molar-refractivity contribution < 1.29 is 18.1 Å². The number of anilines is 1. The molecule has 9 heteroatoms. The lowest BCUT2D eigenvalue weighted by Gasteiger charge is -2.58. The van der Waals surface area contributed by atoms with Gasteiger partial charge in [0.15, 0.2) is 0 Å². The van der Waals surface area contributed by atoms with Gasteiger partial charge in [-0.1, -0.05) is 13.8 Å². The molecule has 146 valence electrons. The summed E-state index contributed by atoms with van der Waals surface area (Å²) in [5.41, 5.74) is 0.0330. The zero-order valence-corrected chi connectivity index (χ0v) is 16.5. The second-order valence-corrected chi connectivity index (χ2v) is 8.26. The quantitative estimate of drug-likeness (QED) is 0.543. The number of hydrogen-bond donors (Lipinski definition) is 1. The summed E-state index contributed by atoms with van der Waals surface area (Å²) in [6, 6.07) is 3.88. The van der Waals surface area contributed by atoms with Gasteiger partial charge in [0.1, 0.15) is 5.69 Å². The minimum absolute atomic E-state index is 0.0769. The number of sulfonamides is 1. The fourth-order valence-electron chi connectivity index (χ4n) is 4.17. The highest BCUT2D eigenvalue weighted by molar-refractivity contribution is 7.89. The van der Waals surface area contributed by atoms with Crippen molar-refractivity contribution in [3.63, 3.8) is 0 Å². The molecule has 0 aliphatic heterocycles. The molecule has 1 aromatic carbocycles. The van der Waals surface area contributed by atoms with Crippen LogP contribution in [0.5, 0.6) is 0 Å². The van der Waals surface area contributed by atoms with Crippen LogP contribution in [0.4, 0.5) is 11.4 Å². The molecular weight excluding hydrogens is 358 g/mol. The summed E-state index contributed by atoms with van der Waals surface area (Å²) in [7, 11) is -2.19. The van der Waals surface area contributed by atoms with E-state index in [-0.39, 0.29) is 28.1 Å². The summed E-state index contributed by atoms with van der Waals surface area (Å²) >= 11 is 0. The Morgan fingerprint density at radius 1 is 1.35 bits per heavy atom. The van der Waals surface area contributed by atoms with E-state index in [1.807, 2.05) is 18.9 Å². The van der Waals surface area contributed by atoms with Crippen molar-refractivity contribution in [2.24, 2.45) is 10.6 Å². The van der Waals surface area contributed by atoms with Gasteiger partial charge in [-0.3, -0.25) is 10.1 Å². The highest BCUT2D eigenvalue weighted by atomic mass is 32.2. The van der Waals surface area contributed by atoms with E-state index in [1.54, 1.807) is 0 Å². The Labute approximate surface area is 154 Å². The van der Waals surface area contributed by atoms with E-state index in [4.69, 9.17) is 9.88 Å². The topological polar surface area (TPSA) is 116 Å². The molecule has 1 fully saturated rings. The lowest BCUT2D eigenvalue weighted by molar-refractivity contribution is -0.384. The molecule has 1 aliphatic carbocycles. The molecule has 26 heavy (non-hydrogen) atoms. The Morgan fingerprint density at radius 2 is 1.96 bits per heavy atom. The lowest BCUT2D eigenvalue weighted by Crippen LogP contribution is -2.64. The fraction of sp³-hybridized carbons (Fsp3) is 0.647. The van der Waals surface area contributed by atoms with Crippen molar-refractivity contribution >= 4 is 21.4 Å². The smallest absolute Gasteiger partial charge is 0.293 e. The molecule has 0 radical (unpaired) electrons. The van der Waals surface area contributed by atoms with E-state index in [0.717, 1.165) is 25.3 Å². The van der Waals surface area contributed by atoms with Crippen LogP contribution in [0.2, 0.25) is 0 Å². The van der Waals surface area contributed by atoms with Crippen molar-refractivity contribution in [2.75, 3.05) is 18.6 Å². The first kappa shape index (κ1) is 20.6. The lowest BCUT2D eigenvalue weighted by atomic mass is 9.58. The van der Waals surface area contributed by atoms with Crippen molar-refractivity contribution in [2.45, 2.75) is 57.1 Å². The number of hydrogen-bond acceptors (Lipinski definition) is 6. The van der Waals surface area contributed by atoms with Crippen LogP contribution >= 0.6 is 0 Å². The first-order valence-electron chi connectivity index (χ1n) is 8.78. The van der Waals surface area contributed by atoms with Gasteiger partial charge in [-0.15, -0.1) is 0 Å². The van der Waals surface area contributed by atoms with E-state index >= 15 is 0 Å². The zero-order valence-electron chi connectivity index (χ0n) is 15.6. The van der Waals surface area contributed by atoms with Crippen molar-refractivity contribution in [1.82, 2.24) is 0 Å². The van der Waals surface area contributed by atoms with E-state index in [9.17, 15) is 18.5 Å². The third-order valence-electron chi connectivity index (χ3n) is 5.75. The molecule has 0 bridgehead atoms. The van der Waals surface area contributed by atoms with Gasteiger partial charge in [0.25, 0.3) is 5.69 Å². The summed E-state index contributed by atoms with van der Waals surface area (Å²) in [4.78, 5) is 12.6. The first-order chi connectivity index (χ1) is 12.1. The molecule has 0 saturated heterocycles. The Morgan fingerprint density at radius 3 is 2.42 bits per heavy atom. The van der Waals surface area contributed by atoms with Crippen LogP contribution < -0.4 is 10.0 Å². The number of ether oxygens (including phenoxy) is 1. The van der Waals surface area contributed by atoms with Crippen LogP contribution in [0, 0.1) is 15.5 Å².